The molecule has 0 saturated carbocycles. The summed E-state index contributed by atoms with van der Waals surface area (Å²) >= 11 is 0. The Labute approximate surface area is 197 Å². The maximum atomic E-state index is 8.16. The molecule has 0 unspecified atom stereocenters. The van der Waals surface area contributed by atoms with Crippen LogP contribution in [-0.2, 0) is 6.54 Å². The third-order valence-electron chi connectivity index (χ3n) is 5.28. The van der Waals surface area contributed by atoms with Crippen LogP contribution in [-0.4, -0.2) is 27.0 Å². The van der Waals surface area contributed by atoms with E-state index in [4.69, 9.17) is 14.6 Å². The number of hydrogen-bond acceptors (Lipinski definition) is 5. The van der Waals surface area contributed by atoms with Gasteiger partial charge in [-0.1, -0.05) is 6.07 Å². The largest absolute Gasteiger partial charge is 0.492 e. The van der Waals surface area contributed by atoms with Crippen LogP contribution in [0.1, 0.15) is 5.69 Å². The number of amidine groups is 1. The van der Waals surface area contributed by atoms with E-state index in [1.807, 2.05) is 83.6 Å². The normalized spacial score (nSPS) is 10.7. The molecule has 3 aromatic heterocycles. The molecule has 0 amide bonds. The fourth-order valence-electron chi connectivity index (χ4n) is 3.49. The number of furan rings is 1. The number of imidazole rings is 1. The lowest BCUT2D eigenvalue weighted by molar-refractivity contribution is 0.298. The van der Waals surface area contributed by atoms with Gasteiger partial charge < -0.3 is 19.0 Å². The number of anilines is 1. The van der Waals surface area contributed by atoms with Gasteiger partial charge in [0.05, 0.1) is 12.9 Å². The number of aromatic nitrogens is 3. The van der Waals surface area contributed by atoms with E-state index in [0.717, 1.165) is 40.6 Å². The van der Waals surface area contributed by atoms with E-state index < -0.39 is 0 Å². The molecule has 168 valence electrons. The lowest BCUT2D eigenvalue weighted by Crippen LogP contribution is -2.13. The average molecular weight is 450 g/mol. The van der Waals surface area contributed by atoms with Crippen molar-refractivity contribution in [2.75, 3.05) is 11.9 Å². The number of nitrogens with one attached hydrogen (secondary N) is 2. The molecule has 0 aliphatic heterocycles. The van der Waals surface area contributed by atoms with Crippen LogP contribution in [0.2, 0.25) is 0 Å². The Balaban J connectivity index is 1.20. The van der Waals surface area contributed by atoms with Crippen molar-refractivity contribution in [1.29, 1.82) is 5.41 Å². The maximum Gasteiger partial charge on any atom is 0.148 e. The average Bonchev–Trinajstić information content (AvgIpc) is 3.58. The van der Waals surface area contributed by atoms with Gasteiger partial charge in [0, 0.05) is 35.4 Å². The first-order valence-corrected chi connectivity index (χ1v) is 10.9. The quantitative estimate of drug-likeness (QED) is 0.234. The number of ether oxygens (including phenoxy) is 1. The van der Waals surface area contributed by atoms with Crippen molar-refractivity contribution in [3.8, 4) is 28.4 Å². The van der Waals surface area contributed by atoms with E-state index in [1.54, 1.807) is 24.8 Å². The van der Waals surface area contributed by atoms with Crippen LogP contribution in [0.3, 0.4) is 0 Å². The second kappa shape index (κ2) is 9.87. The summed E-state index contributed by atoms with van der Waals surface area (Å²) in [4.78, 5) is 8.22. The second-order valence-corrected chi connectivity index (χ2v) is 7.63. The van der Waals surface area contributed by atoms with Crippen molar-refractivity contribution in [3.05, 3.63) is 109 Å². The Morgan fingerprint density at radius 2 is 1.62 bits per heavy atom. The molecule has 7 heteroatoms. The summed E-state index contributed by atoms with van der Waals surface area (Å²) in [6, 6.07) is 25.1. The third kappa shape index (κ3) is 5.05. The van der Waals surface area contributed by atoms with Crippen molar-refractivity contribution in [2.24, 2.45) is 0 Å². The van der Waals surface area contributed by atoms with Crippen LogP contribution in [0.15, 0.2) is 108 Å². The van der Waals surface area contributed by atoms with E-state index >= 15 is 0 Å². The lowest BCUT2D eigenvalue weighted by Gasteiger charge is -2.08. The molecule has 34 heavy (non-hydrogen) atoms. The Morgan fingerprint density at radius 3 is 2.26 bits per heavy atom. The fourth-order valence-corrected chi connectivity index (χ4v) is 3.49. The molecule has 0 aliphatic rings. The van der Waals surface area contributed by atoms with Crippen LogP contribution in [0.5, 0.6) is 5.75 Å². The first-order chi connectivity index (χ1) is 16.7. The minimum atomic E-state index is 0.253. The molecule has 0 spiro atoms. The number of benzene rings is 2. The predicted octanol–water partition coefficient (Wildman–Crippen LogP) is 5.72. The maximum absolute atomic E-state index is 8.16. The van der Waals surface area contributed by atoms with E-state index in [0.29, 0.717) is 12.3 Å². The zero-order chi connectivity index (χ0) is 23.2. The standard InChI is InChI=1S/C27H23N5O2/c28-27(24-3-1-2-14-30-24)31-22-8-4-20(5-9-22)25-12-13-26(34-25)21-6-10-23(11-7-21)33-18-17-32-16-15-29-19-32/h1-16,19H,17-18H2,(H2,28,31). The van der Waals surface area contributed by atoms with Crippen molar-refractivity contribution in [3.63, 3.8) is 0 Å². The van der Waals surface area contributed by atoms with Gasteiger partial charge >= 0.3 is 0 Å². The highest BCUT2D eigenvalue weighted by atomic mass is 16.5. The summed E-state index contributed by atoms with van der Waals surface area (Å²) in [5.41, 5.74) is 3.35. The summed E-state index contributed by atoms with van der Waals surface area (Å²) in [7, 11) is 0. The van der Waals surface area contributed by atoms with Crippen molar-refractivity contribution in [1.82, 2.24) is 14.5 Å². The van der Waals surface area contributed by atoms with Gasteiger partial charge in [-0.15, -0.1) is 0 Å². The molecular weight excluding hydrogens is 426 g/mol. The Hall–Kier alpha value is -4.65. The van der Waals surface area contributed by atoms with Crippen LogP contribution < -0.4 is 10.1 Å². The second-order valence-electron chi connectivity index (χ2n) is 7.63. The molecular formula is C27H23N5O2. The number of rotatable bonds is 8. The number of hydrogen-bond donors (Lipinski definition) is 2. The Morgan fingerprint density at radius 1 is 0.882 bits per heavy atom. The highest BCUT2D eigenvalue weighted by Crippen LogP contribution is 2.30. The van der Waals surface area contributed by atoms with Crippen LogP contribution >= 0.6 is 0 Å². The van der Waals surface area contributed by atoms with Gasteiger partial charge in [-0.3, -0.25) is 10.4 Å². The SMILES string of the molecule is N=C(Nc1ccc(-c2ccc(-c3ccc(OCCn4ccnc4)cc3)o2)cc1)c1ccccn1. The third-order valence-corrected chi connectivity index (χ3v) is 5.28. The van der Waals surface area contributed by atoms with Crippen LogP contribution in [0.25, 0.3) is 22.6 Å². The highest BCUT2D eigenvalue weighted by molar-refractivity contribution is 6.04. The molecule has 0 saturated heterocycles. The van der Waals surface area contributed by atoms with Gasteiger partial charge in [0.2, 0.25) is 0 Å². The molecule has 0 radical (unpaired) electrons. The van der Waals surface area contributed by atoms with E-state index in [9.17, 15) is 0 Å². The van der Waals surface area contributed by atoms with Gasteiger partial charge in [0.1, 0.15) is 35.4 Å². The smallest absolute Gasteiger partial charge is 0.148 e. The summed E-state index contributed by atoms with van der Waals surface area (Å²) in [5.74, 6) is 2.64. The van der Waals surface area contributed by atoms with E-state index in [-0.39, 0.29) is 5.84 Å². The summed E-state index contributed by atoms with van der Waals surface area (Å²) in [5, 5.41) is 11.2. The van der Waals surface area contributed by atoms with Gasteiger partial charge in [-0.05, 0) is 72.8 Å². The Kier molecular flexibility index (Phi) is 6.16. The molecule has 0 fully saturated rings. The van der Waals surface area contributed by atoms with Gasteiger partial charge in [0.15, 0.2) is 0 Å². The van der Waals surface area contributed by atoms with Crippen LogP contribution in [0.4, 0.5) is 5.69 Å². The van der Waals surface area contributed by atoms with Crippen LogP contribution in [0, 0.1) is 5.41 Å². The predicted molar refractivity (Wildman–Crippen MR) is 132 cm³/mol. The molecule has 7 nitrogen and oxygen atoms in total. The topological polar surface area (TPSA) is 89.0 Å². The molecule has 5 rings (SSSR count). The zero-order valence-electron chi connectivity index (χ0n) is 18.4. The first kappa shape index (κ1) is 21.2. The van der Waals surface area contributed by atoms with Gasteiger partial charge in [0.25, 0.3) is 0 Å². The summed E-state index contributed by atoms with van der Waals surface area (Å²) in [6.45, 7) is 1.33. The van der Waals surface area contributed by atoms with E-state index in [1.165, 1.54) is 0 Å². The van der Waals surface area contributed by atoms with Gasteiger partial charge in [-0.2, -0.15) is 0 Å². The summed E-state index contributed by atoms with van der Waals surface area (Å²) in [6.07, 6.45) is 7.12. The molecule has 2 aromatic carbocycles. The minimum absolute atomic E-state index is 0.253. The van der Waals surface area contributed by atoms with E-state index in [2.05, 4.69) is 15.3 Å². The fraction of sp³-hybridized carbons (Fsp3) is 0.0741. The Bertz CT molecular complexity index is 1340. The molecule has 0 bridgehead atoms. The monoisotopic (exact) mass is 449 g/mol. The zero-order valence-corrected chi connectivity index (χ0v) is 18.4. The highest BCUT2D eigenvalue weighted by Gasteiger charge is 2.08. The van der Waals surface area contributed by atoms with Crippen molar-refractivity contribution >= 4 is 11.5 Å². The molecule has 0 atom stereocenters. The summed E-state index contributed by atoms with van der Waals surface area (Å²) < 4.78 is 13.9. The molecule has 5 aromatic rings. The number of nitrogens with zero attached hydrogens (tertiary/aromatic N) is 3. The van der Waals surface area contributed by atoms with Gasteiger partial charge in [-0.25, -0.2) is 4.98 Å². The molecule has 0 aliphatic carbocycles. The lowest BCUT2D eigenvalue weighted by atomic mass is 10.1. The molecule has 2 N–H and O–H groups in total. The number of pyridine rings is 1. The molecule has 3 heterocycles. The van der Waals surface area contributed by atoms with Crippen molar-refractivity contribution < 1.29 is 9.15 Å². The first-order valence-electron chi connectivity index (χ1n) is 10.9. The minimum Gasteiger partial charge on any atom is -0.492 e. The van der Waals surface area contributed by atoms with Crippen molar-refractivity contribution in [2.45, 2.75) is 6.54 Å².